The van der Waals surface area contributed by atoms with Gasteiger partial charge in [0.05, 0.1) is 25.7 Å². The van der Waals surface area contributed by atoms with Gasteiger partial charge in [-0.05, 0) is 48.7 Å². The standard InChI is InChI=1S/C28H29FN2O7/c1-37-22-11-16(14-33)10-19-23-20(27(35)30-8-9-32)12-21(24(34)26(23)38-25(19)22)31(28(36)17-4-5-17)13-15-2-6-18(29)7-3-15/h2-3,6-7,10-12,14,17,21,23-24,26,32,34H,4-5,8-9,13H2,1H3,(H,30,35). The summed E-state index contributed by atoms with van der Waals surface area (Å²) in [6.07, 6.45) is 1.51. The van der Waals surface area contributed by atoms with Gasteiger partial charge in [0.15, 0.2) is 11.5 Å². The summed E-state index contributed by atoms with van der Waals surface area (Å²) in [4.78, 5) is 39.9. The molecule has 3 N–H and O–H groups in total. The molecule has 10 heteroatoms. The number of methoxy groups -OCH3 is 1. The van der Waals surface area contributed by atoms with Gasteiger partial charge in [-0.15, -0.1) is 0 Å². The van der Waals surface area contributed by atoms with Crippen molar-refractivity contribution in [1.82, 2.24) is 10.2 Å². The summed E-state index contributed by atoms with van der Waals surface area (Å²) in [5, 5.41) is 23.5. The molecule has 4 unspecified atom stereocenters. The van der Waals surface area contributed by atoms with Crippen molar-refractivity contribution in [1.29, 1.82) is 0 Å². The molecule has 4 atom stereocenters. The first-order chi connectivity index (χ1) is 18.4. The van der Waals surface area contributed by atoms with Gasteiger partial charge in [-0.2, -0.15) is 0 Å². The quantitative estimate of drug-likeness (QED) is 0.427. The number of halogens is 1. The minimum absolute atomic E-state index is 0.00644. The smallest absolute Gasteiger partial charge is 0.247 e. The van der Waals surface area contributed by atoms with Gasteiger partial charge in [-0.25, -0.2) is 4.39 Å². The number of amides is 2. The number of nitrogens with one attached hydrogen (secondary N) is 1. The second-order valence-electron chi connectivity index (χ2n) is 9.77. The largest absolute Gasteiger partial charge is 0.493 e. The Labute approximate surface area is 218 Å². The first-order valence-electron chi connectivity index (χ1n) is 12.5. The van der Waals surface area contributed by atoms with E-state index >= 15 is 0 Å². The topological polar surface area (TPSA) is 125 Å². The number of aldehydes is 1. The number of carbonyl (C=O) groups excluding carboxylic acids is 3. The molecular formula is C28H29FN2O7. The number of hydrogen-bond donors (Lipinski definition) is 3. The van der Waals surface area contributed by atoms with E-state index in [0.717, 1.165) is 12.8 Å². The van der Waals surface area contributed by atoms with Crippen molar-refractivity contribution in [3.63, 3.8) is 0 Å². The zero-order valence-corrected chi connectivity index (χ0v) is 20.8. The average Bonchev–Trinajstić information content (AvgIpc) is 3.71. The van der Waals surface area contributed by atoms with Gasteiger partial charge < -0.3 is 29.9 Å². The summed E-state index contributed by atoms with van der Waals surface area (Å²) in [6, 6.07) is 7.95. The predicted molar refractivity (Wildman–Crippen MR) is 133 cm³/mol. The van der Waals surface area contributed by atoms with Gasteiger partial charge in [0.25, 0.3) is 0 Å². The molecule has 0 spiro atoms. The van der Waals surface area contributed by atoms with E-state index in [-0.39, 0.29) is 42.8 Å². The fourth-order valence-corrected chi connectivity index (χ4v) is 5.24. The molecule has 1 saturated carbocycles. The number of hydrogen-bond acceptors (Lipinski definition) is 7. The molecule has 9 nitrogen and oxygen atoms in total. The first-order valence-corrected chi connectivity index (χ1v) is 12.5. The van der Waals surface area contributed by atoms with Gasteiger partial charge in [0.2, 0.25) is 11.8 Å². The SMILES string of the molecule is COc1cc(C=O)cc2c1OC1C2C(C(=O)NCCO)=CC(N(Cc2ccc(F)cc2)C(=O)C2CC2)C1O. The Bertz CT molecular complexity index is 1270. The van der Waals surface area contributed by atoms with E-state index < -0.39 is 35.9 Å². The molecule has 2 aromatic rings. The molecule has 0 aromatic heterocycles. The Morgan fingerprint density at radius 2 is 1.97 bits per heavy atom. The second-order valence-corrected chi connectivity index (χ2v) is 9.77. The minimum Gasteiger partial charge on any atom is -0.493 e. The molecule has 0 bridgehead atoms. The van der Waals surface area contributed by atoms with Crippen molar-refractivity contribution in [3.8, 4) is 11.5 Å². The predicted octanol–water partition coefficient (Wildman–Crippen LogP) is 1.71. The molecule has 2 amide bonds. The summed E-state index contributed by atoms with van der Waals surface area (Å²) in [5.41, 5.74) is 1.74. The zero-order chi connectivity index (χ0) is 27.0. The molecule has 1 fully saturated rings. The number of nitrogens with zero attached hydrogens (tertiary/aromatic N) is 1. The summed E-state index contributed by atoms with van der Waals surface area (Å²) >= 11 is 0. The first kappa shape index (κ1) is 25.9. The van der Waals surface area contributed by atoms with Crippen LogP contribution in [0.4, 0.5) is 4.39 Å². The summed E-state index contributed by atoms with van der Waals surface area (Å²) in [7, 11) is 1.43. The highest BCUT2D eigenvalue weighted by molar-refractivity contribution is 5.96. The molecule has 200 valence electrons. The van der Waals surface area contributed by atoms with E-state index in [9.17, 15) is 29.0 Å². The number of benzene rings is 2. The van der Waals surface area contributed by atoms with Gasteiger partial charge in [-0.3, -0.25) is 14.4 Å². The van der Waals surface area contributed by atoms with Gasteiger partial charge in [0, 0.05) is 35.7 Å². The third kappa shape index (κ3) is 4.77. The molecule has 1 heterocycles. The molecule has 5 rings (SSSR count). The second kappa shape index (κ2) is 10.5. The van der Waals surface area contributed by atoms with Crippen LogP contribution in [0.15, 0.2) is 48.0 Å². The number of aliphatic hydroxyl groups excluding tert-OH is 2. The van der Waals surface area contributed by atoms with E-state index in [0.29, 0.717) is 28.7 Å². The lowest BCUT2D eigenvalue weighted by Crippen LogP contribution is -2.55. The van der Waals surface area contributed by atoms with Crippen LogP contribution in [0, 0.1) is 11.7 Å². The molecule has 0 saturated heterocycles. The highest BCUT2D eigenvalue weighted by atomic mass is 19.1. The third-order valence-corrected chi connectivity index (χ3v) is 7.25. The Balaban J connectivity index is 1.59. The van der Waals surface area contributed by atoms with E-state index in [1.165, 1.54) is 30.2 Å². The number of ether oxygens (including phenoxy) is 2. The Morgan fingerprint density at radius 1 is 1.24 bits per heavy atom. The monoisotopic (exact) mass is 524 g/mol. The average molecular weight is 525 g/mol. The minimum atomic E-state index is -1.23. The van der Waals surface area contributed by atoms with Crippen LogP contribution in [-0.2, 0) is 16.1 Å². The molecule has 2 aliphatic carbocycles. The zero-order valence-electron chi connectivity index (χ0n) is 20.8. The van der Waals surface area contributed by atoms with E-state index in [4.69, 9.17) is 9.47 Å². The van der Waals surface area contributed by atoms with Crippen molar-refractivity contribution in [2.75, 3.05) is 20.3 Å². The van der Waals surface area contributed by atoms with Crippen molar-refractivity contribution in [2.24, 2.45) is 5.92 Å². The summed E-state index contributed by atoms with van der Waals surface area (Å²) < 4.78 is 25.1. The van der Waals surface area contributed by atoms with Crippen molar-refractivity contribution in [2.45, 2.75) is 43.6 Å². The molecule has 2 aromatic carbocycles. The number of aliphatic hydroxyl groups is 2. The molecule has 38 heavy (non-hydrogen) atoms. The Morgan fingerprint density at radius 3 is 2.61 bits per heavy atom. The summed E-state index contributed by atoms with van der Waals surface area (Å²) in [6.45, 7) is -0.166. The van der Waals surface area contributed by atoms with Gasteiger partial charge >= 0.3 is 0 Å². The Hall–Kier alpha value is -3.76. The normalized spacial score (nSPS) is 23.4. The summed E-state index contributed by atoms with van der Waals surface area (Å²) in [5.74, 6) is -1.39. The number of rotatable bonds is 9. The van der Waals surface area contributed by atoms with Gasteiger partial charge in [-0.1, -0.05) is 12.1 Å². The third-order valence-electron chi connectivity index (χ3n) is 7.25. The fraction of sp³-hybridized carbons (Fsp3) is 0.393. The Kier molecular flexibility index (Phi) is 7.18. The highest BCUT2D eigenvalue weighted by Crippen LogP contribution is 2.51. The van der Waals surface area contributed by atoms with Crippen LogP contribution in [-0.4, -0.2) is 71.7 Å². The van der Waals surface area contributed by atoms with Crippen LogP contribution in [0.25, 0.3) is 0 Å². The number of carbonyl (C=O) groups is 3. The van der Waals surface area contributed by atoms with Crippen LogP contribution >= 0.6 is 0 Å². The molecule has 1 aliphatic heterocycles. The van der Waals surface area contributed by atoms with Crippen molar-refractivity contribution >= 4 is 18.1 Å². The van der Waals surface area contributed by atoms with Crippen LogP contribution in [0.1, 0.15) is 40.2 Å². The van der Waals surface area contributed by atoms with Gasteiger partial charge in [0.1, 0.15) is 24.3 Å². The van der Waals surface area contributed by atoms with Crippen LogP contribution < -0.4 is 14.8 Å². The lowest BCUT2D eigenvalue weighted by molar-refractivity contribution is -0.139. The lowest BCUT2D eigenvalue weighted by atomic mass is 9.77. The van der Waals surface area contributed by atoms with Crippen LogP contribution in [0.2, 0.25) is 0 Å². The highest BCUT2D eigenvalue weighted by Gasteiger charge is 2.52. The maximum atomic E-state index is 13.5. The fourth-order valence-electron chi connectivity index (χ4n) is 5.24. The van der Waals surface area contributed by atoms with E-state index in [1.807, 2.05) is 0 Å². The van der Waals surface area contributed by atoms with E-state index in [2.05, 4.69) is 5.32 Å². The maximum Gasteiger partial charge on any atom is 0.247 e. The van der Waals surface area contributed by atoms with Crippen LogP contribution in [0.5, 0.6) is 11.5 Å². The number of fused-ring (bicyclic) bond motifs is 3. The molecular weight excluding hydrogens is 495 g/mol. The lowest BCUT2D eigenvalue weighted by Gasteiger charge is -2.41. The maximum absolute atomic E-state index is 13.5. The molecule has 3 aliphatic rings. The van der Waals surface area contributed by atoms with Crippen molar-refractivity contribution in [3.05, 3.63) is 70.6 Å². The van der Waals surface area contributed by atoms with Crippen LogP contribution in [0.3, 0.4) is 0 Å². The van der Waals surface area contributed by atoms with Crippen molar-refractivity contribution < 1.29 is 38.5 Å². The molecule has 0 radical (unpaired) electrons. The van der Waals surface area contributed by atoms with E-state index in [1.54, 1.807) is 24.3 Å².